The van der Waals surface area contributed by atoms with Crippen molar-refractivity contribution >= 4 is 28.2 Å². The summed E-state index contributed by atoms with van der Waals surface area (Å²) in [6.07, 6.45) is 2.37. The van der Waals surface area contributed by atoms with Crippen LogP contribution in [-0.4, -0.2) is 29.7 Å². The van der Waals surface area contributed by atoms with Crippen molar-refractivity contribution < 1.29 is 9.66 Å². The summed E-state index contributed by atoms with van der Waals surface area (Å²) >= 11 is 1.52. The van der Waals surface area contributed by atoms with Gasteiger partial charge >= 0.3 is 5.69 Å². The Balaban J connectivity index is 1.56. The Morgan fingerprint density at radius 2 is 2.13 bits per heavy atom. The average molecular weight is 433 g/mol. The van der Waals surface area contributed by atoms with E-state index in [1.807, 2.05) is 18.2 Å². The lowest BCUT2D eigenvalue weighted by molar-refractivity contribution is -0.385. The van der Waals surface area contributed by atoms with Crippen LogP contribution in [0.15, 0.2) is 53.5 Å². The van der Waals surface area contributed by atoms with E-state index in [1.165, 1.54) is 30.1 Å². The number of nitrogens with zero attached hydrogens (tertiary/aromatic N) is 4. The molecule has 0 spiro atoms. The van der Waals surface area contributed by atoms with Crippen molar-refractivity contribution in [1.82, 2.24) is 4.90 Å². The highest BCUT2D eigenvalue weighted by Gasteiger charge is 2.24. The van der Waals surface area contributed by atoms with Crippen LogP contribution in [-0.2, 0) is 19.5 Å². The first-order valence-corrected chi connectivity index (χ1v) is 10.6. The zero-order valence-corrected chi connectivity index (χ0v) is 17.8. The van der Waals surface area contributed by atoms with Crippen molar-refractivity contribution in [3.63, 3.8) is 0 Å². The largest absolute Gasteiger partial charge is 0.490 e. The van der Waals surface area contributed by atoms with E-state index in [1.54, 1.807) is 18.3 Å². The van der Waals surface area contributed by atoms with Gasteiger partial charge in [0.1, 0.15) is 11.1 Å². The topological polar surface area (TPSA) is 91.8 Å². The van der Waals surface area contributed by atoms with Gasteiger partial charge in [0.2, 0.25) is 0 Å². The van der Waals surface area contributed by atoms with Crippen LogP contribution in [0.3, 0.4) is 0 Å². The molecule has 0 amide bonds. The zero-order valence-electron chi connectivity index (χ0n) is 16.9. The molecule has 2 aromatic carbocycles. The average Bonchev–Trinajstić information content (AvgIpc) is 3.14. The van der Waals surface area contributed by atoms with E-state index >= 15 is 0 Å². The van der Waals surface area contributed by atoms with Crippen LogP contribution >= 0.6 is 11.3 Å². The molecule has 0 saturated carbocycles. The highest BCUT2D eigenvalue weighted by Crippen LogP contribution is 2.39. The summed E-state index contributed by atoms with van der Waals surface area (Å²) in [5.74, 6) is 0.199. The van der Waals surface area contributed by atoms with Crippen molar-refractivity contribution in [2.24, 2.45) is 4.99 Å². The van der Waals surface area contributed by atoms with Crippen LogP contribution in [0.1, 0.15) is 27.1 Å². The van der Waals surface area contributed by atoms with E-state index in [-0.39, 0.29) is 11.4 Å². The third-order valence-corrected chi connectivity index (χ3v) is 6.33. The lowest BCUT2D eigenvalue weighted by Gasteiger charge is -2.26. The predicted molar refractivity (Wildman–Crippen MR) is 120 cm³/mol. The number of nitro groups is 1. The monoisotopic (exact) mass is 432 g/mol. The fraction of sp³-hybridized carbons (Fsp3) is 0.217. The van der Waals surface area contributed by atoms with Crippen molar-refractivity contribution in [3.8, 4) is 11.8 Å². The zero-order chi connectivity index (χ0) is 21.8. The van der Waals surface area contributed by atoms with Gasteiger partial charge in [0.15, 0.2) is 5.75 Å². The second-order valence-corrected chi connectivity index (χ2v) is 8.27. The number of fused-ring (bicyclic) bond motifs is 1. The number of nitro benzene ring substituents is 1. The van der Waals surface area contributed by atoms with E-state index in [9.17, 15) is 15.4 Å². The second kappa shape index (κ2) is 9.08. The van der Waals surface area contributed by atoms with Crippen LogP contribution in [0.4, 0.5) is 10.7 Å². The molecular formula is C23H20N4O3S. The normalized spacial score (nSPS) is 13.7. The van der Waals surface area contributed by atoms with Crippen LogP contribution in [0.2, 0.25) is 0 Å². The fourth-order valence-electron chi connectivity index (χ4n) is 3.69. The molecule has 0 saturated heterocycles. The lowest BCUT2D eigenvalue weighted by atomic mass is 10.0. The number of rotatable bonds is 6. The molecule has 0 radical (unpaired) electrons. The Morgan fingerprint density at radius 3 is 2.84 bits per heavy atom. The maximum Gasteiger partial charge on any atom is 0.311 e. The Kier molecular flexibility index (Phi) is 6.07. The van der Waals surface area contributed by atoms with E-state index < -0.39 is 4.92 Å². The third kappa shape index (κ3) is 4.48. The van der Waals surface area contributed by atoms with Crippen LogP contribution in [0, 0.1) is 21.4 Å². The number of aliphatic imine (C=N–C) groups is 1. The van der Waals surface area contributed by atoms with E-state index in [0.717, 1.165) is 36.5 Å². The van der Waals surface area contributed by atoms with Gasteiger partial charge in [-0.3, -0.25) is 15.0 Å². The Labute approximate surface area is 184 Å². The summed E-state index contributed by atoms with van der Waals surface area (Å²) in [6.45, 7) is 2.54. The molecule has 3 aromatic rings. The van der Waals surface area contributed by atoms with Crippen LogP contribution in [0.25, 0.3) is 0 Å². The summed E-state index contributed by atoms with van der Waals surface area (Å²) in [4.78, 5) is 18.8. The van der Waals surface area contributed by atoms with Gasteiger partial charge < -0.3 is 4.74 Å². The smallest absolute Gasteiger partial charge is 0.311 e. The lowest BCUT2D eigenvalue weighted by Crippen LogP contribution is -2.29. The van der Waals surface area contributed by atoms with Crippen LogP contribution < -0.4 is 4.74 Å². The van der Waals surface area contributed by atoms with Gasteiger partial charge in [-0.25, -0.2) is 4.99 Å². The van der Waals surface area contributed by atoms with Crippen molar-refractivity contribution in [3.05, 3.63) is 85.8 Å². The SMILES string of the molecule is COc1ccc(C=Nc2sc3c(c2C#N)CCN(Cc2ccccc2)C3)cc1[N+](=O)[O-]. The molecule has 2 heterocycles. The first-order chi connectivity index (χ1) is 15.1. The second-order valence-electron chi connectivity index (χ2n) is 7.19. The molecule has 31 heavy (non-hydrogen) atoms. The van der Waals surface area contributed by atoms with Gasteiger partial charge in [-0.05, 0) is 35.2 Å². The Hall–Kier alpha value is -3.54. The van der Waals surface area contributed by atoms with Gasteiger partial charge in [0.25, 0.3) is 0 Å². The number of nitriles is 1. The molecule has 1 aromatic heterocycles. The highest BCUT2D eigenvalue weighted by molar-refractivity contribution is 7.16. The summed E-state index contributed by atoms with van der Waals surface area (Å²) < 4.78 is 5.04. The predicted octanol–water partition coefficient (Wildman–Crippen LogP) is 4.85. The Bertz CT molecular complexity index is 1180. The van der Waals surface area contributed by atoms with Gasteiger partial charge in [0.05, 0.1) is 17.6 Å². The molecule has 0 fully saturated rings. The van der Waals surface area contributed by atoms with Gasteiger partial charge in [0, 0.05) is 36.8 Å². The maximum atomic E-state index is 11.2. The summed E-state index contributed by atoms with van der Waals surface area (Å²) in [6, 6.07) is 17.3. The molecule has 156 valence electrons. The molecule has 0 atom stereocenters. The fourth-order valence-corrected chi connectivity index (χ4v) is 4.87. The quantitative estimate of drug-likeness (QED) is 0.316. The van der Waals surface area contributed by atoms with Gasteiger partial charge in [-0.2, -0.15) is 5.26 Å². The number of hydrogen-bond donors (Lipinski definition) is 0. The van der Waals surface area contributed by atoms with E-state index in [4.69, 9.17) is 4.74 Å². The standard InChI is InChI=1S/C23H20N4O3S/c1-30-21-8-7-17(11-20(21)27(28)29)13-25-23-19(12-24)18-9-10-26(15-22(18)31-23)14-16-5-3-2-4-6-16/h2-8,11,13H,9-10,14-15H2,1H3. The minimum Gasteiger partial charge on any atom is -0.490 e. The molecule has 1 aliphatic rings. The van der Waals surface area contributed by atoms with Gasteiger partial charge in [-0.1, -0.05) is 30.3 Å². The van der Waals surface area contributed by atoms with Crippen molar-refractivity contribution in [2.45, 2.75) is 19.5 Å². The maximum absolute atomic E-state index is 11.2. The van der Waals surface area contributed by atoms with E-state index in [0.29, 0.717) is 16.1 Å². The summed E-state index contributed by atoms with van der Waals surface area (Å²) in [5.41, 5.74) is 3.41. The minimum atomic E-state index is -0.484. The molecule has 0 aliphatic carbocycles. The minimum absolute atomic E-state index is 0.117. The van der Waals surface area contributed by atoms with Crippen molar-refractivity contribution in [2.75, 3.05) is 13.7 Å². The third-order valence-electron chi connectivity index (χ3n) is 5.21. The highest BCUT2D eigenvalue weighted by atomic mass is 32.1. The Morgan fingerprint density at radius 1 is 1.32 bits per heavy atom. The molecule has 0 unspecified atom stereocenters. The molecule has 0 N–H and O–H groups in total. The first kappa shape index (κ1) is 20.7. The number of methoxy groups -OCH3 is 1. The molecule has 7 nitrogen and oxygen atoms in total. The number of thiophene rings is 1. The van der Waals surface area contributed by atoms with Crippen LogP contribution in [0.5, 0.6) is 5.75 Å². The molecular weight excluding hydrogens is 412 g/mol. The number of ether oxygens (including phenoxy) is 1. The summed E-state index contributed by atoms with van der Waals surface area (Å²) in [7, 11) is 1.40. The van der Waals surface area contributed by atoms with E-state index in [2.05, 4.69) is 28.1 Å². The number of hydrogen-bond acceptors (Lipinski definition) is 7. The summed E-state index contributed by atoms with van der Waals surface area (Å²) in [5, 5.41) is 21.6. The van der Waals surface area contributed by atoms with Crippen molar-refractivity contribution in [1.29, 1.82) is 5.26 Å². The molecule has 1 aliphatic heterocycles. The molecule has 4 rings (SSSR count). The van der Waals surface area contributed by atoms with Gasteiger partial charge in [-0.15, -0.1) is 11.3 Å². The molecule has 0 bridgehead atoms. The first-order valence-electron chi connectivity index (χ1n) is 9.76. The molecule has 8 heteroatoms. The number of benzene rings is 2.